The van der Waals surface area contributed by atoms with Crippen LogP contribution in [0.25, 0.3) is 38.6 Å². The van der Waals surface area contributed by atoms with Crippen LogP contribution >= 0.6 is 0 Å². The quantitative estimate of drug-likeness (QED) is 0.187. The Bertz CT molecular complexity index is 1510. The fraction of sp³-hybridized carbons (Fsp3) is 0.344. The minimum Gasteiger partial charge on any atom is -0.292 e. The van der Waals surface area contributed by atoms with Crippen LogP contribution in [0.5, 0.6) is 0 Å². The van der Waals surface area contributed by atoms with E-state index in [2.05, 4.69) is 94.6 Å². The number of aromatic nitrogens is 2. The van der Waals surface area contributed by atoms with Gasteiger partial charge in [0.1, 0.15) is 5.65 Å². The standard InChI is InChI=1S/C32H36N2/c1-7-8-9-10-13-25-15-23(5)30(24(6)16-25)29-19-33-32-26-14-11-12-20(2)31(26)27-17-21(3)22(4)18-28(27)34(29)32/h11-12,14-19H,7-10,13H2,1-6H3. The van der Waals surface area contributed by atoms with Gasteiger partial charge in [-0.05, 0) is 98.4 Å². The molecule has 0 fully saturated rings. The predicted octanol–water partition coefficient (Wildman–Crippen LogP) is 8.97. The summed E-state index contributed by atoms with van der Waals surface area (Å²) in [6.07, 6.45) is 8.46. The summed E-state index contributed by atoms with van der Waals surface area (Å²) in [5.41, 5.74) is 12.9. The highest BCUT2D eigenvalue weighted by atomic mass is 15.0. The zero-order chi connectivity index (χ0) is 24.0. The number of hydrogen-bond acceptors (Lipinski definition) is 1. The second-order valence-corrected chi connectivity index (χ2v) is 10.2. The van der Waals surface area contributed by atoms with Crippen LogP contribution in [0.3, 0.4) is 0 Å². The molecule has 0 bridgehead atoms. The highest BCUT2D eigenvalue weighted by molar-refractivity contribution is 6.14. The molecule has 174 valence electrons. The number of rotatable bonds is 6. The highest BCUT2D eigenvalue weighted by Crippen LogP contribution is 2.37. The Morgan fingerprint density at radius 3 is 2.21 bits per heavy atom. The zero-order valence-electron chi connectivity index (χ0n) is 21.5. The van der Waals surface area contributed by atoms with E-state index in [0.717, 1.165) is 5.65 Å². The molecular weight excluding hydrogens is 412 g/mol. The lowest BCUT2D eigenvalue weighted by molar-refractivity contribution is 0.666. The van der Waals surface area contributed by atoms with E-state index in [1.54, 1.807) is 0 Å². The molecule has 0 aliphatic rings. The van der Waals surface area contributed by atoms with Crippen LogP contribution in [-0.2, 0) is 6.42 Å². The molecule has 0 amide bonds. The van der Waals surface area contributed by atoms with E-state index in [4.69, 9.17) is 4.98 Å². The van der Waals surface area contributed by atoms with E-state index in [1.807, 2.05) is 0 Å². The van der Waals surface area contributed by atoms with Crippen molar-refractivity contribution in [2.45, 2.75) is 73.6 Å². The average molecular weight is 449 g/mol. The van der Waals surface area contributed by atoms with E-state index in [9.17, 15) is 0 Å². The summed E-state index contributed by atoms with van der Waals surface area (Å²) in [6.45, 7) is 13.4. The number of nitrogens with zero attached hydrogens (tertiary/aromatic N) is 2. The first kappa shape index (κ1) is 22.7. The van der Waals surface area contributed by atoms with Crippen molar-refractivity contribution in [3.8, 4) is 11.3 Å². The fourth-order valence-corrected chi connectivity index (χ4v) is 5.72. The number of pyridine rings is 1. The molecule has 0 radical (unpaired) electrons. The number of hydrogen-bond donors (Lipinski definition) is 0. The average Bonchev–Trinajstić information content (AvgIpc) is 3.23. The third-order valence-electron chi connectivity index (χ3n) is 7.57. The van der Waals surface area contributed by atoms with E-state index >= 15 is 0 Å². The molecule has 5 aromatic rings. The van der Waals surface area contributed by atoms with E-state index < -0.39 is 0 Å². The normalized spacial score (nSPS) is 11.8. The maximum absolute atomic E-state index is 5.00. The summed E-state index contributed by atoms with van der Waals surface area (Å²) in [5, 5.41) is 3.86. The number of fused-ring (bicyclic) bond motifs is 6. The molecule has 2 aromatic heterocycles. The van der Waals surface area contributed by atoms with Crippen molar-refractivity contribution in [1.29, 1.82) is 0 Å². The van der Waals surface area contributed by atoms with Crippen molar-refractivity contribution >= 4 is 27.3 Å². The molecule has 0 aliphatic carbocycles. The minimum atomic E-state index is 1.05. The summed E-state index contributed by atoms with van der Waals surface area (Å²) in [7, 11) is 0. The number of unbranched alkanes of at least 4 members (excludes halogenated alkanes) is 3. The van der Waals surface area contributed by atoms with Gasteiger partial charge in [-0.15, -0.1) is 0 Å². The summed E-state index contributed by atoms with van der Waals surface area (Å²) < 4.78 is 2.40. The Labute approximate surface area is 203 Å². The second-order valence-electron chi connectivity index (χ2n) is 10.2. The predicted molar refractivity (Wildman–Crippen MR) is 147 cm³/mol. The Morgan fingerprint density at radius 1 is 0.735 bits per heavy atom. The lowest BCUT2D eigenvalue weighted by Gasteiger charge is -2.17. The van der Waals surface area contributed by atoms with Crippen molar-refractivity contribution in [3.05, 3.63) is 82.0 Å². The molecule has 0 aliphatic heterocycles. The Hall–Kier alpha value is -3.13. The molecule has 34 heavy (non-hydrogen) atoms. The summed E-state index contributed by atoms with van der Waals surface area (Å²) in [4.78, 5) is 5.00. The molecule has 0 unspecified atom stereocenters. The van der Waals surface area contributed by atoms with Crippen LogP contribution in [-0.4, -0.2) is 9.38 Å². The van der Waals surface area contributed by atoms with Gasteiger partial charge in [-0.2, -0.15) is 0 Å². The molecule has 0 saturated heterocycles. The highest BCUT2D eigenvalue weighted by Gasteiger charge is 2.18. The summed E-state index contributed by atoms with van der Waals surface area (Å²) >= 11 is 0. The van der Waals surface area contributed by atoms with Gasteiger partial charge in [0.25, 0.3) is 0 Å². The third-order valence-corrected chi connectivity index (χ3v) is 7.57. The maximum Gasteiger partial charge on any atom is 0.145 e. The van der Waals surface area contributed by atoms with E-state index in [1.165, 1.54) is 98.4 Å². The first-order chi connectivity index (χ1) is 16.4. The van der Waals surface area contributed by atoms with Gasteiger partial charge in [0.15, 0.2) is 0 Å². The van der Waals surface area contributed by atoms with Gasteiger partial charge in [-0.25, -0.2) is 4.98 Å². The maximum atomic E-state index is 5.00. The monoisotopic (exact) mass is 448 g/mol. The number of aryl methyl sites for hydroxylation is 6. The number of imidazole rings is 1. The van der Waals surface area contributed by atoms with Crippen LogP contribution < -0.4 is 0 Å². The molecule has 2 heteroatoms. The SMILES string of the molecule is CCCCCCc1cc(C)c(-c2cnc3c4cccc(C)c4c4cc(C)c(C)cc4n23)c(C)c1. The first-order valence-corrected chi connectivity index (χ1v) is 12.8. The van der Waals surface area contributed by atoms with Gasteiger partial charge in [0, 0.05) is 16.3 Å². The van der Waals surface area contributed by atoms with Gasteiger partial charge >= 0.3 is 0 Å². The van der Waals surface area contributed by atoms with Crippen molar-refractivity contribution in [2.24, 2.45) is 0 Å². The Morgan fingerprint density at radius 2 is 1.47 bits per heavy atom. The molecule has 0 atom stereocenters. The Balaban J connectivity index is 1.77. The van der Waals surface area contributed by atoms with Crippen molar-refractivity contribution in [1.82, 2.24) is 9.38 Å². The lowest BCUT2D eigenvalue weighted by atomic mass is 9.94. The fourth-order valence-electron chi connectivity index (χ4n) is 5.72. The van der Waals surface area contributed by atoms with Gasteiger partial charge < -0.3 is 0 Å². The molecular formula is C32H36N2. The van der Waals surface area contributed by atoms with E-state index in [0.29, 0.717) is 0 Å². The first-order valence-electron chi connectivity index (χ1n) is 12.8. The smallest absolute Gasteiger partial charge is 0.145 e. The number of benzene rings is 3. The lowest BCUT2D eigenvalue weighted by Crippen LogP contribution is -1.99. The van der Waals surface area contributed by atoms with Gasteiger partial charge in [-0.1, -0.05) is 56.5 Å². The van der Waals surface area contributed by atoms with Crippen molar-refractivity contribution in [3.63, 3.8) is 0 Å². The molecule has 3 aromatic carbocycles. The molecule has 0 spiro atoms. The second kappa shape index (κ2) is 8.91. The Kier molecular flexibility index (Phi) is 5.93. The van der Waals surface area contributed by atoms with Crippen LogP contribution in [0, 0.1) is 34.6 Å². The van der Waals surface area contributed by atoms with Crippen LogP contribution in [0.2, 0.25) is 0 Å². The van der Waals surface area contributed by atoms with Gasteiger partial charge in [0.05, 0.1) is 17.4 Å². The van der Waals surface area contributed by atoms with Crippen LogP contribution in [0.4, 0.5) is 0 Å². The van der Waals surface area contributed by atoms with Gasteiger partial charge in [-0.3, -0.25) is 4.40 Å². The largest absolute Gasteiger partial charge is 0.292 e. The van der Waals surface area contributed by atoms with Crippen molar-refractivity contribution < 1.29 is 0 Å². The summed E-state index contributed by atoms with van der Waals surface area (Å²) in [5.74, 6) is 0. The zero-order valence-corrected chi connectivity index (χ0v) is 21.5. The molecule has 5 rings (SSSR count). The molecule has 2 heterocycles. The van der Waals surface area contributed by atoms with Gasteiger partial charge in [0.2, 0.25) is 0 Å². The van der Waals surface area contributed by atoms with E-state index in [-0.39, 0.29) is 0 Å². The van der Waals surface area contributed by atoms with Crippen LogP contribution in [0.15, 0.2) is 48.7 Å². The molecule has 0 N–H and O–H groups in total. The molecule has 0 saturated carbocycles. The topological polar surface area (TPSA) is 17.3 Å². The molecule has 2 nitrogen and oxygen atoms in total. The minimum absolute atomic E-state index is 1.05. The summed E-state index contributed by atoms with van der Waals surface area (Å²) in [6, 6.07) is 16.1. The van der Waals surface area contributed by atoms with Crippen molar-refractivity contribution in [2.75, 3.05) is 0 Å². The van der Waals surface area contributed by atoms with Crippen LogP contribution in [0.1, 0.15) is 66.0 Å². The third kappa shape index (κ3) is 3.70.